The van der Waals surface area contributed by atoms with Gasteiger partial charge in [-0.1, -0.05) is 236 Å². The molecule has 6 aromatic carbocycles. The molecule has 3 aliphatic rings. The summed E-state index contributed by atoms with van der Waals surface area (Å²) in [5, 5.41) is 10.6. The zero-order valence-electron chi connectivity index (χ0n) is 97.5. The quantitative estimate of drug-likeness (QED) is 0.113. The van der Waals surface area contributed by atoms with Gasteiger partial charge >= 0.3 is 6.18 Å². The van der Waals surface area contributed by atoms with E-state index in [1.165, 1.54) is 56.6 Å². The number of hydrogen-bond acceptors (Lipinski definition) is 13. The molecule has 7 heterocycles. The largest absolute Gasteiger partial charge is 0.425 e. The van der Waals surface area contributed by atoms with Crippen molar-refractivity contribution in [2.24, 2.45) is 0 Å². The summed E-state index contributed by atoms with van der Waals surface area (Å²) in [5.41, 5.74) is 35.9. The molecule has 148 heavy (non-hydrogen) atoms. The third-order valence-corrected chi connectivity index (χ3v) is 26.8. The molecule has 3 amide bonds. The second kappa shape index (κ2) is 62.1. The normalized spacial score (nSPS) is 11.6. The summed E-state index contributed by atoms with van der Waals surface area (Å²) in [6.45, 7) is 91.1. The number of nitrogens with zero attached hydrogens (tertiary/aromatic N) is 10. The van der Waals surface area contributed by atoms with E-state index in [1.807, 2.05) is 330 Å². The fourth-order valence-corrected chi connectivity index (χ4v) is 17.2. The molecule has 0 aliphatic heterocycles. The molecule has 1 unspecified atom stereocenters. The Morgan fingerprint density at radius 2 is 0.554 bits per heavy atom. The van der Waals surface area contributed by atoms with Crippen LogP contribution in [0.3, 0.4) is 0 Å². The zero-order valence-corrected chi connectivity index (χ0v) is 98.9. The second-order valence-electron chi connectivity index (χ2n) is 35.4. The summed E-state index contributed by atoms with van der Waals surface area (Å²) < 4.78 is 40.9. The van der Waals surface area contributed by atoms with Gasteiger partial charge in [-0.2, -0.15) is 13.2 Å². The number of carbonyl (C=O) groups is 5. The number of benzene rings is 6. The third kappa shape index (κ3) is 31.1. The molecule has 1 N–H and O–H groups in total. The van der Waals surface area contributed by atoms with E-state index in [2.05, 4.69) is 142 Å². The van der Waals surface area contributed by atoms with Crippen LogP contribution in [0.1, 0.15) is 328 Å². The van der Waals surface area contributed by atoms with Gasteiger partial charge in [0.25, 0.3) is 17.7 Å². The van der Waals surface area contributed by atoms with Crippen molar-refractivity contribution in [3.8, 4) is 56.3 Å². The van der Waals surface area contributed by atoms with Crippen molar-refractivity contribution >= 4 is 41.5 Å². The van der Waals surface area contributed by atoms with Gasteiger partial charge in [-0.15, -0.1) is 0 Å². The average Bonchev–Trinajstić information content (AvgIpc) is 1.53. The van der Waals surface area contributed by atoms with Gasteiger partial charge in [0.1, 0.15) is 0 Å². The fraction of sp³-hybridized carbons (Fsp3) is 0.402. The number of aliphatic hydroxyl groups is 1. The molecule has 793 valence electrons. The molecule has 1 atom stereocenters. The van der Waals surface area contributed by atoms with E-state index in [1.54, 1.807) is 32.9 Å². The van der Waals surface area contributed by atoms with E-state index in [0.29, 0.717) is 55.3 Å². The molecule has 1 radical (unpaired) electrons. The maximum absolute atomic E-state index is 13.6. The van der Waals surface area contributed by atoms with Crippen LogP contribution in [0, 0.1) is 159 Å². The maximum atomic E-state index is 13.6. The summed E-state index contributed by atoms with van der Waals surface area (Å²) >= 11 is 0. The number of carbonyl (C=O) groups excluding carboxylic acids is 5. The van der Waals surface area contributed by atoms with Gasteiger partial charge in [0.15, 0.2) is 18.3 Å². The van der Waals surface area contributed by atoms with Crippen molar-refractivity contribution in [1.82, 2.24) is 49.6 Å². The molecule has 0 fully saturated rings. The van der Waals surface area contributed by atoms with Crippen LogP contribution in [-0.4, -0.2) is 136 Å². The van der Waals surface area contributed by atoms with E-state index in [-0.39, 0.29) is 64.7 Å². The number of amides is 3. The van der Waals surface area contributed by atoms with Gasteiger partial charge in [0, 0.05) is 176 Å². The standard InChI is InChI=1S/2C19H24N2O.C16H14F3NO.2C15H13NO.C13H20BNO.2C9H13N.6C2H6.V/c2*1-6-21(7-2)19(22)17-11-9-8-10-16(17)18-12-13(3)14(4)15(5)20-18;1-8-9(2)13-14(20-10(8)3)11-6-4-5-7-12(11)15(13,21)16(17,18)19;2*1-8-9(2)13-14(16-10(8)3)11-6-4-5-7-12(11)15(13)17;1-5-15(6-2)13(16)11-9-7-8-10-12(11)14(3)4;2*1-6-5-7(2)10-9(4)8(6)3;6*1-2;/h2*8-12H,6-7H2,1-5H3;4-7,21H,1-3H3;2*4-7H,1-3H3;7-10H,5-6H2,1-4H3;2*5H,1-4H3;6*1-2H3;. The maximum Gasteiger partial charge on any atom is 0.425 e. The van der Waals surface area contributed by atoms with E-state index in [0.717, 1.165) is 170 Å². The van der Waals surface area contributed by atoms with E-state index < -0.39 is 11.8 Å². The number of aromatic nitrogens is 7. The summed E-state index contributed by atoms with van der Waals surface area (Å²) in [7, 11) is 0. The Kier molecular flexibility index (Phi) is 55.2. The van der Waals surface area contributed by atoms with Crippen molar-refractivity contribution in [3.05, 3.63) is 349 Å². The van der Waals surface area contributed by atoms with Crippen LogP contribution in [0.2, 0.25) is 13.6 Å². The van der Waals surface area contributed by atoms with Crippen LogP contribution in [0.4, 0.5) is 13.2 Å². The van der Waals surface area contributed by atoms with Crippen molar-refractivity contribution in [2.75, 3.05) is 39.3 Å². The molecule has 13 aromatic rings. The minimum atomic E-state index is -4.80. The molecular formula is C127H170BF3N10O6V. The predicted octanol–water partition coefficient (Wildman–Crippen LogP) is 31.4. The smallest absolute Gasteiger partial charge is 0.372 e. The number of pyridine rings is 7. The molecule has 16 rings (SSSR count). The minimum absolute atomic E-state index is 0. The van der Waals surface area contributed by atoms with Crippen LogP contribution in [-0.2, 0) is 24.2 Å². The van der Waals surface area contributed by atoms with Crippen LogP contribution in [0.25, 0.3) is 56.3 Å². The van der Waals surface area contributed by atoms with E-state index in [9.17, 15) is 42.3 Å². The number of hydrogen-bond donors (Lipinski definition) is 1. The minimum Gasteiger partial charge on any atom is -0.372 e. The Morgan fingerprint density at radius 3 is 0.858 bits per heavy atom. The first-order valence-electron chi connectivity index (χ1n) is 52.7. The van der Waals surface area contributed by atoms with Crippen LogP contribution >= 0.6 is 0 Å². The number of alkyl halides is 3. The first-order valence-corrected chi connectivity index (χ1v) is 52.7. The molecule has 3 aliphatic carbocycles. The number of aryl methyl sites for hydroxylation is 13. The van der Waals surface area contributed by atoms with Crippen LogP contribution in [0.15, 0.2) is 170 Å². The Balaban J connectivity index is 0.000000568. The van der Waals surface area contributed by atoms with Gasteiger partial charge in [0.2, 0.25) is 5.60 Å². The van der Waals surface area contributed by atoms with Gasteiger partial charge in [0.05, 0.1) is 39.6 Å². The summed E-state index contributed by atoms with van der Waals surface area (Å²) in [6.07, 6.45) is -4.80. The van der Waals surface area contributed by atoms with Crippen LogP contribution < -0.4 is 5.46 Å². The summed E-state index contributed by atoms with van der Waals surface area (Å²) in [4.78, 5) is 99.5. The van der Waals surface area contributed by atoms with Crippen molar-refractivity contribution in [2.45, 2.75) is 309 Å². The average molecular weight is 2050 g/mol. The SMILES string of the molecule is CC.CC.CC.CC.CC.CC.CCN(CC)C(=O)c1ccccc1-c1cc(C)c(C)c(C)n1.CCN(CC)C(=O)c1ccccc1-c1cc(C)c(C)c(C)n1.CCN(CC)C(=O)c1ccccc1B(C)C.Cc1cc(C)c(C)c(C)n1.Cc1cc(C)c(C)c(C)n1.Cc1nc2c(c(C)c1C)C(=O)c1ccccc1-2.Cc1nc2c(c(C)c1C)C(=O)c1ccccc1-2.Cc1nc2c(c(C)c1C)C(O)(C(F)(F)F)c1ccccc1-2.[V]. The zero-order chi connectivity index (χ0) is 112. The van der Waals surface area contributed by atoms with Crippen molar-refractivity contribution < 1.29 is 60.8 Å². The molecule has 21 heteroatoms. The van der Waals surface area contributed by atoms with Crippen molar-refractivity contribution in [1.29, 1.82) is 0 Å². The number of fused-ring (bicyclic) bond motifs is 9. The first kappa shape index (κ1) is 132. The molecule has 0 saturated carbocycles. The number of rotatable bonds is 12. The Hall–Kier alpha value is -12.5. The number of halogens is 3. The van der Waals surface area contributed by atoms with Gasteiger partial charge in [-0.05, 0) is 315 Å². The fourth-order valence-electron chi connectivity index (χ4n) is 17.2. The molecule has 16 nitrogen and oxygen atoms in total. The summed E-state index contributed by atoms with van der Waals surface area (Å²) in [6, 6.07) is 53.2. The Bertz CT molecular complexity index is 6250. The first-order chi connectivity index (χ1) is 69.7. The monoisotopic (exact) mass is 2050 g/mol. The van der Waals surface area contributed by atoms with E-state index in [4.69, 9.17) is 0 Å². The van der Waals surface area contributed by atoms with Crippen molar-refractivity contribution in [3.63, 3.8) is 0 Å². The third-order valence-electron chi connectivity index (χ3n) is 26.8. The van der Waals surface area contributed by atoms with Gasteiger partial charge < -0.3 is 19.8 Å². The summed E-state index contributed by atoms with van der Waals surface area (Å²) in [5.74, 6) is 0.512. The Morgan fingerprint density at radius 1 is 0.304 bits per heavy atom. The van der Waals surface area contributed by atoms with Gasteiger partial charge in [-0.25, -0.2) is 0 Å². The topological polar surface area (TPSA) is 206 Å². The molecular weight excluding hydrogens is 1880 g/mol. The predicted molar refractivity (Wildman–Crippen MR) is 615 cm³/mol. The Labute approximate surface area is 899 Å². The molecule has 0 spiro atoms. The van der Waals surface area contributed by atoms with Crippen LogP contribution in [0.5, 0.6) is 0 Å². The number of ketones is 2. The molecule has 7 aromatic heterocycles. The molecule has 0 bridgehead atoms. The molecule has 0 saturated heterocycles. The second-order valence-corrected chi connectivity index (χ2v) is 35.4. The van der Waals surface area contributed by atoms with Gasteiger partial charge in [-0.3, -0.25) is 58.9 Å². The van der Waals surface area contributed by atoms with E-state index >= 15 is 0 Å².